The highest BCUT2D eigenvalue weighted by Crippen LogP contribution is 2.16. The van der Waals surface area contributed by atoms with Crippen LogP contribution in [0.1, 0.15) is 26.2 Å². The number of para-hydroxylation sites is 1. The molecule has 0 N–H and O–H groups in total. The van der Waals surface area contributed by atoms with Crippen LogP contribution in [0.2, 0.25) is 0 Å². The van der Waals surface area contributed by atoms with Crippen LogP contribution in [0.15, 0.2) is 29.1 Å². The number of fused-ring (bicyclic) bond motifs is 3. The molecule has 0 unspecified atom stereocenters. The van der Waals surface area contributed by atoms with Crippen molar-refractivity contribution in [3.8, 4) is 0 Å². The first-order valence-corrected chi connectivity index (χ1v) is 8.95. The molecular weight excluding hydrogens is 322 g/mol. The zero-order chi connectivity index (χ0) is 16.7. The monoisotopic (exact) mass is 343 g/mol. The molecule has 1 aromatic carbocycles. The van der Waals surface area contributed by atoms with Crippen molar-refractivity contribution in [2.45, 2.75) is 39.4 Å². The summed E-state index contributed by atoms with van der Waals surface area (Å²) in [5, 5.41) is 5.39. The number of hydrogen-bond donors (Lipinski definition) is 0. The van der Waals surface area contributed by atoms with E-state index in [-0.39, 0.29) is 5.56 Å². The Morgan fingerprint density at radius 3 is 2.71 bits per heavy atom. The smallest absolute Gasteiger partial charge is 0.262 e. The van der Waals surface area contributed by atoms with Crippen molar-refractivity contribution in [1.82, 2.24) is 23.6 Å². The lowest BCUT2D eigenvalue weighted by atomic mass is 10.2. The van der Waals surface area contributed by atoms with Gasteiger partial charge in [0.2, 0.25) is 10.5 Å². The van der Waals surface area contributed by atoms with E-state index in [1.54, 1.807) is 4.57 Å². The van der Waals surface area contributed by atoms with Crippen LogP contribution in [0.5, 0.6) is 0 Å². The van der Waals surface area contributed by atoms with Gasteiger partial charge in [-0.25, -0.2) is 4.68 Å². The molecule has 3 heterocycles. The van der Waals surface area contributed by atoms with Crippen LogP contribution in [0, 0.1) is 4.77 Å². The number of aryl methyl sites for hydroxylation is 1. The normalized spacial score (nSPS) is 15.7. The minimum Gasteiger partial charge on any atom is -0.284 e. The first-order valence-electron chi connectivity index (χ1n) is 8.54. The van der Waals surface area contributed by atoms with E-state index in [2.05, 4.69) is 11.8 Å². The van der Waals surface area contributed by atoms with Gasteiger partial charge in [-0.3, -0.25) is 18.7 Å². The van der Waals surface area contributed by atoms with Gasteiger partial charge in [0.1, 0.15) is 0 Å². The highest BCUT2D eigenvalue weighted by Gasteiger charge is 2.17. The van der Waals surface area contributed by atoms with Gasteiger partial charge in [-0.1, -0.05) is 19.1 Å². The third kappa shape index (κ3) is 2.39. The average molecular weight is 343 g/mol. The van der Waals surface area contributed by atoms with E-state index >= 15 is 0 Å². The van der Waals surface area contributed by atoms with E-state index < -0.39 is 0 Å². The fraction of sp³-hybridized carbons (Fsp3) is 0.471. The van der Waals surface area contributed by atoms with Crippen LogP contribution in [0.4, 0.5) is 0 Å². The minimum atomic E-state index is 0.00766. The number of likely N-dealkylation sites (tertiary alicyclic amines) is 1. The molecule has 0 amide bonds. The summed E-state index contributed by atoms with van der Waals surface area (Å²) in [5.74, 6) is 0.643. The molecule has 2 aromatic heterocycles. The third-order valence-corrected chi connectivity index (χ3v) is 5.06. The van der Waals surface area contributed by atoms with E-state index in [0.29, 0.717) is 29.1 Å². The van der Waals surface area contributed by atoms with Gasteiger partial charge >= 0.3 is 0 Å². The second-order valence-corrected chi connectivity index (χ2v) is 6.72. The lowest BCUT2D eigenvalue weighted by molar-refractivity contribution is 0.253. The molecule has 6 nitrogen and oxygen atoms in total. The molecule has 1 saturated heterocycles. The Morgan fingerprint density at radius 1 is 1.21 bits per heavy atom. The van der Waals surface area contributed by atoms with Gasteiger partial charge in [0, 0.05) is 6.54 Å². The molecular formula is C17H21N5OS. The Labute approximate surface area is 144 Å². The molecule has 1 aliphatic heterocycles. The van der Waals surface area contributed by atoms with Crippen LogP contribution in [0.25, 0.3) is 16.7 Å². The number of hydrogen-bond acceptors (Lipinski definition) is 4. The standard InChI is InChI=1S/C17H21N5OS/c1-2-9-20-15(23)13-7-3-4-8-14(13)22-16(20)18-21(17(22)24)12-19-10-5-6-11-19/h3-4,7-8H,2,5-6,9-12H2,1H3. The van der Waals surface area contributed by atoms with Crippen LogP contribution in [-0.4, -0.2) is 36.7 Å². The molecule has 0 atom stereocenters. The molecule has 1 aliphatic rings. The second-order valence-electron chi connectivity index (χ2n) is 6.36. The molecule has 1 fully saturated rings. The van der Waals surface area contributed by atoms with Gasteiger partial charge in [-0.05, 0) is 56.7 Å². The Hall–Kier alpha value is -1.99. The van der Waals surface area contributed by atoms with Gasteiger partial charge in [0.05, 0.1) is 17.6 Å². The fourth-order valence-electron chi connectivity index (χ4n) is 3.50. The zero-order valence-corrected chi connectivity index (χ0v) is 14.6. The summed E-state index contributed by atoms with van der Waals surface area (Å²) in [4.78, 5) is 15.2. The molecule has 126 valence electrons. The Kier molecular flexibility index (Phi) is 3.97. The summed E-state index contributed by atoms with van der Waals surface area (Å²) < 4.78 is 6.20. The van der Waals surface area contributed by atoms with Crippen molar-refractivity contribution in [2.75, 3.05) is 13.1 Å². The largest absolute Gasteiger partial charge is 0.284 e. The summed E-state index contributed by atoms with van der Waals surface area (Å²) in [5.41, 5.74) is 0.843. The first-order chi connectivity index (χ1) is 11.7. The molecule has 0 bridgehead atoms. The van der Waals surface area contributed by atoms with Crippen LogP contribution >= 0.6 is 12.2 Å². The summed E-state index contributed by atoms with van der Waals surface area (Å²) in [7, 11) is 0. The van der Waals surface area contributed by atoms with Gasteiger partial charge in [-0.2, -0.15) is 0 Å². The highest BCUT2D eigenvalue weighted by atomic mass is 32.1. The number of benzene rings is 1. The van der Waals surface area contributed by atoms with Crippen molar-refractivity contribution in [2.24, 2.45) is 0 Å². The maximum absolute atomic E-state index is 12.9. The maximum atomic E-state index is 12.9. The Bertz CT molecular complexity index is 1010. The summed E-state index contributed by atoms with van der Waals surface area (Å²) >= 11 is 5.70. The van der Waals surface area contributed by atoms with Crippen molar-refractivity contribution >= 4 is 28.9 Å². The molecule has 24 heavy (non-hydrogen) atoms. The average Bonchev–Trinajstić information content (AvgIpc) is 3.21. The van der Waals surface area contributed by atoms with Crippen LogP contribution < -0.4 is 5.56 Å². The topological polar surface area (TPSA) is 47.5 Å². The lowest BCUT2D eigenvalue weighted by Gasteiger charge is -2.13. The maximum Gasteiger partial charge on any atom is 0.262 e. The predicted molar refractivity (Wildman–Crippen MR) is 96.9 cm³/mol. The summed E-state index contributed by atoms with van der Waals surface area (Å²) in [6.45, 7) is 5.56. The zero-order valence-electron chi connectivity index (χ0n) is 13.8. The molecule has 0 saturated carbocycles. The number of nitrogens with zero attached hydrogens (tertiary/aromatic N) is 5. The van der Waals surface area contributed by atoms with E-state index in [4.69, 9.17) is 17.3 Å². The highest BCUT2D eigenvalue weighted by molar-refractivity contribution is 7.71. The predicted octanol–water partition coefficient (Wildman–Crippen LogP) is 2.64. The molecule has 3 aromatic rings. The molecule has 0 spiro atoms. The van der Waals surface area contributed by atoms with Crippen molar-refractivity contribution in [3.05, 3.63) is 39.4 Å². The molecule has 4 rings (SSSR count). The lowest BCUT2D eigenvalue weighted by Crippen LogP contribution is -2.24. The fourth-order valence-corrected chi connectivity index (χ4v) is 3.78. The molecule has 0 aliphatic carbocycles. The summed E-state index contributed by atoms with van der Waals surface area (Å²) in [6.07, 6.45) is 3.33. The van der Waals surface area contributed by atoms with Gasteiger partial charge in [0.15, 0.2) is 0 Å². The van der Waals surface area contributed by atoms with Gasteiger partial charge in [0.25, 0.3) is 5.56 Å². The Morgan fingerprint density at radius 2 is 1.96 bits per heavy atom. The number of rotatable bonds is 4. The van der Waals surface area contributed by atoms with Crippen molar-refractivity contribution in [1.29, 1.82) is 0 Å². The second kappa shape index (κ2) is 6.14. The Balaban J connectivity index is 2.00. The van der Waals surface area contributed by atoms with E-state index in [1.165, 1.54) is 12.8 Å². The van der Waals surface area contributed by atoms with Crippen molar-refractivity contribution in [3.63, 3.8) is 0 Å². The first kappa shape index (κ1) is 15.5. The SMILES string of the molecule is CCCn1c(=O)c2ccccc2n2c(=S)n(CN3CCCC3)nc12. The van der Waals surface area contributed by atoms with Crippen LogP contribution in [-0.2, 0) is 13.2 Å². The van der Waals surface area contributed by atoms with Gasteiger partial charge in [-0.15, -0.1) is 5.10 Å². The van der Waals surface area contributed by atoms with Crippen LogP contribution in [0.3, 0.4) is 0 Å². The van der Waals surface area contributed by atoms with Crippen molar-refractivity contribution < 1.29 is 0 Å². The van der Waals surface area contributed by atoms with Gasteiger partial charge < -0.3 is 0 Å². The summed E-state index contributed by atoms with van der Waals surface area (Å²) in [6, 6.07) is 7.63. The minimum absolute atomic E-state index is 0.00766. The molecule has 0 radical (unpaired) electrons. The van der Waals surface area contributed by atoms with E-state index in [0.717, 1.165) is 25.0 Å². The molecule has 7 heteroatoms. The van der Waals surface area contributed by atoms with E-state index in [1.807, 2.05) is 33.3 Å². The van der Waals surface area contributed by atoms with E-state index in [9.17, 15) is 4.79 Å². The quantitative estimate of drug-likeness (QED) is 0.683. The number of aromatic nitrogens is 4. The third-order valence-electron chi connectivity index (χ3n) is 4.66.